The first-order valence-corrected chi connectivity index (χ1v) is 8.61. The number of rotatable bonds is 7. The van der Waals surface area contributed by atoms with E-state index >= 15 is 0 Å². The molecule has 0 spiro atoms. The first-order valence-electron chi connectivity index (χ1n) is 7.38. The molecule has 1 atom stereocenters. The van der Waals surface area contributed by atoms with E-state index < -0.39 is 0 Å². The van der Waals surface area contributed by atoms with Crippen LogP contribution >= 0.6 is 11.8 Å². The molecule has 0 aromatic heterocycles. The molecule has 0 amide bonds. The molecule has 1 fully saturated rings. The Bertz CT molecular complexity index is 264. The minimum absolute atomic E-state index is 0.0956. The van der Waals surface area contributed by atoms with Crippen LogP contribution in [0.3, 0.4) is 0 Å². The summed E-state index contributed by atoms with van der Waals surface area (Å²) in [5, 5.41) is 9.28. The third-order valence-corrected chi connectivity index (χ3v) is 5.60. The molecule has 0 bridgehead atoms. The van der Waals surface area contributed by atoms with Gasteiger partial charge < -0.3 is 4.90 Å². The highest BCUT2D eigenvalue weighted by Gasteiger charge is 2.34. The molecule has 104 valence electrons. The van der Waals surface area contributed by atoms with E-state index in [0.29, 0.717) is 0 Å². The van der Waals surface area contributed by atoms with Gasteiger partial charge in [-0.15, -0.1) is 11.8 Å². The standard InChI is InChI=1S/C15H28N2S/c1-4-6-7-14(5-2)12-17-10-8-15(13-16,18-3)9-11-17/h14H,4-12H2,1-3H3. The van der Waals surface area contributed by atoms with Gasteiger partial charge in [-0.05, 0) is 31.4 Å². The van der Waals surface area contributed by atoms with Crippen molar-refractivity contribution in [2.24, 2.45) is 5.92 Å². The average molecular weight is 268 g/mol. The van der Waals surface area contributed by atoms with Gasteiger partial charge in [0.2, 0.25) is 0 Å². The van der Waals surface area contributed by atoms with Crippen LogP contribution < -0.4 is 0 Å². The molecule has 0 aliphatic carbocycles. The summed E-state index contributed by atoms with van der Waals surface area (Å²) >= 11 is 1.75. The third kappa shape index (κ3) is 4.48. The van der Waals surface area contributed by atoms with Crippen LogP contribution in [-0.2, 0) is 0 Å². The maximum Gasteiger partial charge on any atom is 0.104 e. The fraction of sp³-hybridized carbons (Fsp3) is 0.933. The summed E-state index contributed by atoms with van der Waals surface area (Å²) in [4.78, 5) is 2.58. The van der Waals surface area contributed by atoms with Gasteiger partial charge in [0.05, 0.1) is 6.07 Å². The number of hydrogen-bond acceptors (Lipinski definition) is 3. The van der Waals surface area contributed by atoms with Crippen LogP contribution in [0.4, 0.5) is 0 Å². The molecular formula is C15H28N2S. The lowest BCUT2D eigenvalue weighted by molar-refractivity contribution is 0.178. The molecule has 0 saturated carbocycles. The summed E-state index contributed by atoms with van der Waals surface area (Å²) < 4.78 is -0.0956. The van der Waals surface area contributed by atoms with Gasteiger partial charge in [0.1, 0.15) is 4.75 Å². The molecule has 0 radical (unpaired) electrons. The van der Waals surface area contributed by atoms with Crippen molar-refractivity contribution in [2.45, 2.75) is 57.1 Å². The summed E-state index contributed by atoms with van der Waals surface area (Å²) in [6.07, 6.45) is 9.48. The van der Waals surface area contributed by atoms with E-state index in [9.17, 15) is 5.26 Å². The van der Waals surface area contributed by atoms with E-state index in [1.54, 1.807) is 11.8 Å². The summed E-state index contributed by atoms with van der Waals surface area (Å²) in [5.74, 6) is 0.855. The number of likely N-dealkylation sites (tertiary alicyclic amines) is 1. The minimum atomic E-state index is -0.0956. The van der Waals surface area contributed by atoms with Crippen LogP contribution in [0.5, 0.6) is 0 Å². The summed E-state index contributed by atoms with van der Waals surface area (Å²) in [7, 11) is 0. The smallest absolute Gasteiger partial charge is 0.104 e. The zero-order chi connectivity index (χ0) is 13.4. The Morgan fingerprint density at radius 1 is 1.33 bits per heavy atom. The number of nitrogens with zero attached hydrogens (tertiary/aromatic N) is 2. The van der Waals surface area contributed by atoms with Crippen molar-refractivity contribution in [3.63, 3.8) is 0 Å². The van der Waals surface area contributed by atoms with Gasteiger partial charge in [0.25, 0.3) is 0 Å². The topological polar surface area (TPSA) is 27.0 Å². The predicted octanol–water partition coefficient (Wildman–Crippen LogP) is 3.92. The van der Waals surface area contributed by atoms with E-state index in [4.69, 9.17) is 0 Å². The Balaban J connectivity index is 2.36. The lowest BCUT2D eigenvalue weighted by Crippen LogP contribution is -2.43. The van der Waals surface area contributed by atoms with Crippen LogP contribution in [0.25, 0.3) is 0 Å². The van der Waals surface area contributed by atoms with E-state index in [1.807, 2.05) is 0 Å². The first-order chi connectivity index (χ1) is 8.69. The first kappa shape index (κ1) is 15.9. The molecular weight excluding hydrogens is 240 g/mol. The molecule has 1 heterocycles. The van der Waals surface area contributed by atoms with Crippen LogP contribution in [0, 0.1) is 17.2 Å². The molecule has 0 aromatic carbocycles. The van der Waals surface area contributed by atoms with Crippen LogP contribution in [-0.4, -0.2) is 35.5 Å². The number of nitriles is 1. The van der Waals surface area contributed by atoms with Crippen LogP contribution in [0.15, 0.2) is 0 Å². The molecule has 2 nitrogen and oxygen atoms in total. The maximum absolute atomic E-state index is 9.28. The van der Waals surface area contributed by atoms with E-state index in [2.05, 4.69) is 31.1 Å². The molecule has 1 rings (SSSR count). The van der Waals surface area contributed by atoms with Gasteiger partial charge >= 0.3 is 0 Å². The van der Waals surface area contributed by atoms with Gasteiger partial charge in [0, 0.05) is 19.6 Å². The number of thioether (sulfide) groups is 1. The number of piperidine rings is 1. The van der Waals surface area contributed by atoms with Crippen molar-refractivity contribution in [2.75, 3.05) is 25.9 Å². The van der Waals surface area contributed by atoms with Gasteiger partial charge in [-0.2, -0.15) is 5.26 Å². The van der Waals surface area contributed by atoms with Crippen molar-refractivity contribution >= 4 is 11.8 Å². The molecule has 3 heteroatoms. The molecule has 1 aliphatic heterocycles. The Kier molecular flexibility index (Phi) is 7.11. The van der Waals surface area contributed by atoms with Crippen molar-refractivity contribution in [1.29, 1.82) is 5.26 Å². The van der Waals surface area contributed by atoms with E-state index in [0.717, 1.165) is 31.8 Å². The van der Waals surface area contributed by atoms with Crippen molar-refractivity contribution < 1.29 is 0 Å². The zero-order valence-electron chi connectivity index (χ0n) is 12.2. The lowest BCUT2D eigenvalue weighted by atomic mass is 9.94. The van der Waals surface area contributed by atoms with Gasteiger partial charge in [-0.3, -0.25) is 0 Å². The second kappa shape index (κ2) is 8.07. The summed E-state index contributed by atoms with van der Waals surface area (Å²) in [6, 6.07) is 2.53. The molecule has 0 N–H and O–H groups in total. The summed E-state index contributed by atoms with van der Waals surface area (Å²) in [6.45, 7) is 8.04. The van der Waals surface area contributed by atoms with Gasteiger partial charge in [0.15, 0.2) is 0 Å². The second-order valence-corrected chi connectivity index (χ2v) is 6.72. The minimum Gasteiger partial charge on any atom is -0.303 e. The fourth-order valence-electron chi connectivity index (χ4n) is 2.74. The monoisotopic (exact) mass is 268 g/mol. The predicted molar refractivity (Wildman–Crippen MR) is 80.8 cm³/mol. The largest absolute Gasteiger partial charge is 0.303 e. The molecule has 18 heavy (non-hydrogen) atoms. The average Bonchev–Trinajstić information content (AvgIpc) is 2.44. The SMILES string of the molecule is CCCCC(CC)CN1CCC(C#N)(SC)CC1. The Morgan fingerprint density at radius 2 is 2.00 bits per heavy atom. The number of unbranched alkanes of at least 4 members (excludes halogenated alkanes) is 1. The molecule has 1 unspecified atom stereocenters. The highest BCUT2D eigenvalue weighted by molar-refractivity contribution is 8.00. The number of hydrogen-bond donors (Lipinski definition) is 0. The van der Waals surface area contributed by atoms with Gasteiger partial charge in [-0.1, -0.05) is 33.1 Å². The van der Waals surface area contributed by atoms with Crippen molar-refractivity contribution in [3.8, 4) is 6.07 Å². The van der Waals surface area contributed by atoms with Crippen LogP contribution in [0.1, 0.15) is 52.4 Å². The van der Waals surface area contributed by atoms with Crippen molar-refractivity contribution in [1.82, 2.24) is 4.90 Å². The maximum atomic E-state index is 9.28. The highest BCUT2D eigenvalue weighted by Crippen LogP contribution is 2.34. The highest BCUT2D eigenvalue weighted by atomic mass is 32.2. The molecule has 1 aliphatic rings. The lowest BCUT2D eigenvalue weighted by Gasteiger charge is -2.37. The third-order valence-electron chi connectivity index (χ3n) is 4.32. The Morgan fingerprint density at radius 3 is 2.44 bits per heavy atom. The Hall–Kier alpha value is -0.200. The van der Waals surface area contributed by atoms with E-state index in [-0.39, 0.29) is 4.75 Å². The molecule has 1 saturated heterocycles. The second-order valence-electron chi connectivity index (χ2n) is 5.53. The van der Waals surface area contributed by atoms with Gasteiger partial charge in [-0.25, -0.2) is 0 Å². The van der Waals surface area contributed by atoms with Crippen LogP contribution in [0.2, 0.25) is 0 Å². The quantitative estimate of drug-likeness (QED) is 0.700. The Labute approximate surface area is 117 Å². The normalized spacial score (nSPS) is 21.4. The fourth-order valence-corrected chi connectivity index (χ4v) is 3.42. The zero-order valence-corrected chi connectivity index (χ0v) is 13.1. The van der Waals surface area contributed by atoms with Crippen molar-refractivity contribution in [3.05, 3.63) is 0 Å². The summed E-state index contributed by atoms with van der Waals surface area (Å²) in [5.41, 5.74) is 0. The van der Waals surface area contributed by atoms with E-state index in [1.165, 1.54) is 32.2 Å². The molecule has 0 aromatic rings.